The van der Waals surface area contributed by atoms with Gasteiger partial charge in [-0.2, -0.15) is 9.98 Å². The van der Waals surface area contributed by atoms with E-state index < -0.39 is 21.7 Å². The summed E-state index contributed by atoms with van der Waals surface area (Å²) in [6, 6.07) is 6.70. The Labute approximate surface area is 202 Å². The molecule has 6 rings (SSSR count). The Morgan fingerprint density at radius 3 is 2.74 bits per heavy atom. The number of H-pyrrole nitrogens is 1. The topological polar surface area (TPSA) is 127 Å². The summed E-state index contributed by atoms with van der Waals surface area (Å²) < 4.78 is 48.9. The van der Waals surface area contributed by atoms with Crippen LogP contribution in [0.15, 0.2) is 29.4 Å². The average molecular weight is 500 g/mol. The molecule has 3 fully saturated rings. The SMILES string of the molecule is N#CC1(NS(=O)(=O)c2ccc3c(c2)[nH]c2ncnc(N4CCC(N5CCOCC5)[C@@H](F)C4)c23)CC1. The lowest BCUT2D eigenvalue weighted by atomic mass is 10.0. The van der Waals surface area contributed by atoms with Crippen LogP contribution in [0.4, 0.5) is 10.2 Å². The van der Waals surface area contributed by atoms with Crippen molar-refractivity contribution in [1.82, 2.24) is 24.6 Å². The number of nitriles is 1. The fraction of sp³-hybridized carbons (Fsp3) is 0.522. The molecular weight excluding hydrogens is 473 g/mol. The Balaban J connectivity index is 1.30. The molecule has 2 aliphatic heterocycles. The third-order valence-electron chi connectivity index (χ3n) is 7.27. The monoisotopic (exact) mass is 499 g/mol. The van der Waals surface area contributed by atoms with Crippen LogP contribution >= 0.6 is 0 Å². The second kappa shape index (κ2) is 8.37. The van der Waals surface area contributed by atoms with Gasteiger partial charge in [0.1, 0.15) is 29.5 Å². The van der Waals surface area contributed by atoms with Gasteiger partial charge in [0.15, 0.2) is 0 Å². The number of fused-ring (bicyclic) bond motifs is 3. The second-order valence-electron chi connectivity index (χ2n) is 9.52. The number of morpholine rings is 1. The Morgan fingerprint density at radius 2 is 2.03 bits per heavy atom. The first kappa shape index (κ1) is 22.6. The predicted octanol–water partition coefficient (Wildman–Crippen LogP) is 1.69. The van der Waals surface area contributed by atoms with Crippen molar-refractivity contribution < 1.29 is 17.5 Å². The van der Waals surface area contributed by atoms with Crippen LogP contribution < -0.4 is 9.62 Å². The van der Waals surface area contributed by atoms with E-state index in [4.69, 9.17) is 4.74 Å². The summed E-state index contributed by atoms with van der Waals surface area (Å²) in [4.78, 5) is 16.2. The van der Waals surface area contributed by atoms with Gasteiger partial charge in [0.25, 0.3) is 0 Å². The molecule has 2 atom stereocenters. The lowest BCUT2D eigenvalue weighted by Crippen LogP contribution is -2.55. The molecule has 2 saturated heterocycles. The van der Waals surface area contributed by atoms with Gasteiger partial charge < -0.3 is 14.6 Å². The van der Waals surface area contributed by atoms with Gasteiger partial charge in [0.2, 0.25) is 10.0 Å². The number of hydrogen-bond acceptors (Lipinski definition) is 8. The summed E-state index contributed by atoms with van der Waals surface area (Å²) in [5.41, 5.74) is 0.156. The molecule has 0 bridgehead atoms. The molecular formula is C23H26FN7O3S. The van der Waals surface area contributed by atoms with Crippen LogP contribution in [-0.2, 0) is 14.8 Å². The second-order valence-corrected chi connectivity index (χ2v) is 11.2. The molecule has 1 aliphatic carbocycles. The lowest BCUT2D eigenvalue weighted by Gasteiger charge is -2.42. The summed E-state index contributed by atoms with van der Waals surface area (Å²) in [7, 11) is -3.85. The third-order valence-corrected chi connectivity index (χ3v) is 8.80. The molecule has 0 amide bonds. The van der Waals surface area contributed by atoms with Crippen LogP contribution in [-0.4, -0.2) is 85.4 Å². The molecule has 1 unspecified atom stereocenters. The number of hydrogen-bond donors (Lipinski definition) is 2. The Bertz CT molecular complexity index is 1430. The smallest absolute Gasteiger partial charge is 0.242 e. The Morgan fingerprint density at radius 1 is 1.23 bits per heavy atom. The highest BCUT2D eigenvalue weighted by atomic mass is 32.2. The molecule has 3 aliphatic rings. The van der Waals surface area contributed by atoms with Crippen LogP contribution in [0.5, 0.6) is 0 Å². The highest BCUT2D eigenvalue weighted by Crippen LogP contribution is 2.37. The first-order valence-electron chi connectivity index (χ1n) is 11.8. The normalized spacial score (nSPS) is 25.1. The summed E-state index contributed by atoms with van der Waals surface area (Å²) in [5.74, 6) is 0.638. The zero-order chi connectivity index (χ0) is 24.2. The van der Waals surface area contributed by atoms with Crippen LogP contribution in [0.2, 0.25) is 0 Å². The van der Waals surface area contributed by atoms with Crippen molar-refractivity contribution in [2.75, 3.05) is 44.3 Å². The number of ether oxygens (including phenoxy) is 1. The fourth-order valence-corrected chi connectivity index (χ4v) is 6.58. The number of benzene rings is 1. The number of aromatic amines is 1. The van der Waals surface area contributed by atoms with Gasteiger partial charge in [0, 0.05) is 36.6 Å². The molecule has 4 heterocycles. The number of aromatic nitrogens is 3. The van der Waals surface area contributed by atoms with Crippen LogP contribution in [0.3, 0.4) is 0 Å². The summed E-state index contributed by atoms with van der Waals surface area (Å²) in [6.07, 6.45) is 2.12. The number of nitrogens with one attached hydrogen (secondary N) is 2. The van der Waals surface area contributed by atoms with Crippen molar-refractivity contribution in [3.8, 4) is 6.07 Å². The first-order chi connectivity index (χ1) is 16.9. The van der Waals surface area contributed by atoms with Gasteiger partial charge in [-0.1, -0.05) is 6.07 Å². The largest absolute Gasteiger partial charge is 0.379 e. The fourth-order valence-electron chi connectivity index (χ4n) is 5.18. The van der Waals surface area contributed by atoms with Crippen LogP contribution in [0, 0.1) is 11.3 Å². The molecule has 1 saturated carbocycles. The summed E-state index contributed by atoms with van der Waals surface area (Å²) in [6.45, 7) is 3.67. The van der Waals surface area contributed by atoms with Crippen molar-refractivity contribution in [3.63, 3.8) is 0 Å². The van der Waals surface area contributed by atoms with Crippen molar-refractivity contribution in [2.24, 2.45) is 0 Å². The molecule has 12 heteroatoms. The van der Waals surface area contributed by atoms with E-state index in [1.165, 1.54) is 12.4 Å². The molecule has 0 radical (unpaired) electrons. The van der Waals surface area contributed by atoms with Gasteiger partial charge in [-0.05, 0) is 31.4 Å². The zero-order valence-electron chi connectivity index (χ0n) is 19.1. The van der Waals surface area contributed by atoms with E-state index in [1.807, 2.05) is 11.0 Å². The van der Waals surface area contributed by atoms with Crippen molar-refractivity contribution in [1.29, 1.82) is 5.26 Å². The number of halogens is 1. The Kier molecular flexibility index (Phi) is 5.41. The molecule has 2 N–H and O–H groups in total. The first-order valence-corrected chi connectivity index (χ1v) is 13.3. The van der Waals surface area contributed by atoms with Gasteiger partial charge in [-0.15, -0.1) is 0 Å². The molecule has 0 spiro atoms. The van der Waals surface area contributed by atoms with Crippen molar-refractivity contribution >= 4 is 37.8 Å². The minimum Gasteiger partial charge on any atom is -0.379 e. The number of alkyl halides is 1. The molecule has 35 heavy (non-hydrogen) atoms. The highest BCUT2D eigenvalue weighted by molar-refractivity contribution is 7.89. The molecule has 1 aromatic carbocycles. The van der Waals surface area contributed by atoms with E-state index in [2.05, 4.69) is 24.6 Å². The third kappa shape index (κ3) is 4.02. The maximum absolute atomic E-state index is 15.3. The van der Waals surface area contributed by atoms with Gasteiger partial charge >= 0.3 is 0 Å². The maximum atomic E-state index is 15.3. The van der Waals surface area contributed by atoms with E-state index in [0.29, 0.717) is 56.0 Å². The molecule has 3 aromatic rings. The lowest BCUT2D eigenvalue weighted by molar-refractivity contribution is -0.00824. The molecule has 184 valence electrons. The van der Waals surface area contributed by atoms with E-state index in [9.17, 15) is 13.7 Å². The molecule has 2 aromatic heterocycles. The number of piperidine rings is 1. The number of sulfonamides is 1. The number of anilines is 1. The van der Waals surface area contributed by atoms with Crippen molar-refractivity contribution in [2.45, 2.75) is 41.9 Å². The van der Waals surface area contributed by atoms with E-state index in [1.54, 1.807) is 12.1 Å². The number of rotatable bonds is 5. The summed E-state index contributed by atoms with van der Waals surface area (Å²) >= 11 is 0. The standard InChI is InChI=1S/C23H26FN7O3S/c24-17-12-31(6-3-19(17)30-7-9-34-10-8-30)22-20-16-2-1-15(11-18(16)28-21(20)26-14-27-22)35(32,33)29-23(13-25)4-5-23/h1-2,11,14,17,19,29H,3-10,12H2,(H,26,27,28)/t17-,19?/m0/s1. The van der Waals surface area contributed by atoms with Gasteiger partial charge in [-0.25, -0.2) is 22.8 Å². The minimum absolute atomic E-state index is 0.0720. The van der Waals surface area contributed by atoms with Gasteiger partial charge in [-0.3, -0.25) is 4.90 Å². The Hall–Kier alpha value is -2.85. The van der Waals surface area contributed by atoms with Crippen LogP contribution in [0.1, 0.15) is 19.3 Å². The zero-order valence-corrected chi connectivity index (χ0v) is 19.9. The number of nitrogens with zero attached hydrogens (tertiary/aromatic N) is 5. The van der Waals surface area contributed by atoms with Crippen LogP contribution in [0.25, 0.3) is 21.9 Å². The van der Waals surface area contributed by atoms with E-state index >= 15 is 4.39 Å². The van der Waals surface area contributed by atoms with E-state index in [-0.39, 0.29) is 17.5 Å². The quantitative estimate of drug-likeness (QED) is 0.543. The highest BCUT2D eigenvalue weighted by Gasteiger charge is 2.46. The van der Waals surface area contributed by atoms with E-state index in [0.717, 1.165) is 23.9 Å². The maximum Gasteiger partial charge on any atom is 0.242 e. The van der Waals surface area contributed by atoms with Crippen molar-refractivity contribution in [3.05, 3.63) is 24.5 Å². The minimum atomic E-state index is -3.85. The summed E-state index contributed by atoms with van der Waals surface area (Å²) in [5, 5.41) is 10.8. The average Bonchev–Trinajstić information content (AvgIpc) is 3.53. The predicted molar refractivity (Wildman–Crippen MR) is 127 cm³/mol. The van der Waals surface area contributed by atoms with Gasteiger partial charge in [0.05, 0.1) is 36.1 Å². The molecule has 10 nitrogen and oxygen atoms in total.